The summed E-state index contributed by atoms with van der Waals surface area (Å²) in [6, 6.07) is 10.1. The molecule has 0 saturated heterocycles. The average Bonchev–Trinajstić information content (AvgIpc) is 3.34. The fourth-order valence-electron chi connectivity index (χ4n) is 3.76. The summed E-state index contributed by atoms with van der Waals surface area (Å²) in [6.07, 6.45) is 3.02. The Bertz CT molecular complexity index is 1060. The van der Waals surface area contributed by atoms with Crippen molar-refractivity contribution >= 4 is 39.2 Å². The fraction of sp³-hybridized carbons (Fsp3) is 0.500. The molecule has 2 aromatic rings. The number of ether oxygens (including phenoxy) is 2. The SMILES string of the molecule is CCCC[C@@H](CC(CC(OC(N)=O)c1cccs1)OC)NC(=O)NCc1cccc(NS(C)(=O)=O)c1. The van der Waals surface area contributed by atoms with Gasteiger partial charge in [0.1, 0.15) is 6.10 Å². The average molecular weight is 541 g/mol. The lowest BCUT2D eigenvalue weighted by Crippen LogP contribution is -2.43. The number of nitrogens with one attached hydrogen (secondary N) is 3. The van der Waals surface area contributed by atoms with E-state index in [2.05, 4.69) is 22.3 Å². The third-order valence-corrected chi connectivity index (χ3v) is 6.97. The van der Waals surface area contributed by atoms with E-state index in [9.17, 15) is 18.0 Å². The quantitative estimate of drug-likeness (QED) is 0.267. The van der Waals surface area contributed by atoms with Gasteiger partial charge in [-0.25, -0.2) is 18.0 Å². The highest BCUT2D eigenvalue weighted by Gasteiger charge is 2.25. The van der Waals surface area contributed by atoms with Crippen LogP contribution in [0.5, 0.6) is 0 Å². The lowest BCUT2D eigenvalue weighted by molar-refractivity contribution is 0.0259. The molecule has 0 spiro atoms. The predicted molar refractivity (Wildman–Crippen MR) is 141 cm³/mol. The van der Waals surface area contributed by atoms with E-state index in [0.717, 1.165) is 36.0 Å². The number of unbranched alkanes of at least 4 members (excludes halogenated alkanes) is 1. The van der Waals surface area contributed by atoms with Crippen LogP contribution in [0.1, 0.15) is 55.6 Å². The number of anilines is 1. The van der Waals surface area contributed by atoms with E-state index < -0.39 is 22.2 Å². The zero-order valence-corrected chi connectivity index (χ0v) is 22.5. The molecule has 0 aliphatic heterocycles. The number of urea groups is 1. The van der Waals surface area contributed by atoms with Crippen molar-refractivity contribution in [3.8, 4) is 0 Å². The molecule has 12 heteroatoms. The minimum absolute atomic E-state index is 0.161. The van der Waals surface area contributed by atoms with Crippen LogP contribution in [0.25, 0.3) is 0 Å². The van der Waals surface area contributed by atoms with Crippen molar-refractivity contribution in [2.24, 2.45) is 5.73 Å². The standard InChI is InChI=1S/C24H36N4O6S2/c1-4-5-9-18(14-20(33-2)15-21(34-23(25)29)22-11-7-12-35-22)27-24(30)26-16-17-8-6-10-19(13-17)28-36(3,31)32/h6-8,10-13,18,20-21,28H,4-5,9,14-16H2,1-3H3,(H2,25,29)(H2,26,27,30)/t18-,20?,21?/m0/s1. The number of carbonyl (C=O) groups is 2. The summed E-state index contributed by atoms with van der Waals surface area (Å²) in [6.45, 7) is 2.31. The van der Waals surface area contributed by atoms with Gasteiger partial charge in [-0.05, 0) is 42.0 Å². The number of rotatable bonds is 15. The van der Waals surface area contributed by atoms with Gasteiger partial charge >= 0.3 is 12.1 Å². The molecular weight excluding hydrogens is 504 g/mol. The maximum Gasteiger partial charge on any atom is 0.405 e. The van der Waals surface area contributed by atoms with Gasteiger partial charge in [-0.1, -0.05) is 38.0 Å². The first kappa shape index (κ1) is 29.4. The zero-order chi connectivity index (χ0) is 26.6. The third kappa shape index (κ3) is 11.3. The van der Waals surface area contributed by atoms with E-state index in [1.807, 2.05) is 17.5 Å². The van der Waals surface area contributed by atoms with Crippen LogP contribution in [-0.2, 0) is 26.0 Å². The number of sulfonamides is 1. The van der Waals surface area contributed by atoms with Crippen molar-refractivity contribution in [3.05, 3.63) is 52.2 Å². The summed E-state index contributed by atoms with van der Waals surface area (Å²) in [4.78, 5) is 25.0. The second-order valence-electron chi connectivity index (χ2n) is 8.51. The molecule has 0 fully saturated rings. The largest absolute Gasteiger partial charge is 0.441 e. The van der Waals surface area contributed by atoms with Gasteiger partial charge in [0.25, 0.3) is 0 Å². The summed E-state index contributed by atoms with van der Waals surface area (Å²) < 4.78 is 36.3. The maximum absolute atomic E-state index is 12.7. The number of amides is 3. The first-order valence-electron chi connectivity index (χ1n) is 11.7. The van der Waals surface area contributed by atoms with E-state index in [1.54, 1.807) is 31.4 Å². The Kier molecular flexibility index (Phi) is 12.0. The minimum atomic E-state index is -3.39. The summed E-state index contributed by atoms with van der Waals surface area (Å²) in [5, 5.41) is 7.74. The van der Waals surface area contributed by atoms with Gasteiger partial charge in [0.2, 0.25) is 10.0 Å². The molecule has 200 valence electrons. The Morgan fingerprint density at radius 2 is 1.94 bits per heavy atom. The maximum atomic E-state index is 12.7. The minimum Gasteiger partial charge on any atom is -0.441 e. The molecule has 2 rings (SSSR count). The van der Waals surface area contributed by atoms with Crippen LogP contribution in [0.15, 0.2) is 41.8 Å². The van der Waals surface area contributed by atoms with Crippen molar-refractivity contribution in [1.29, 1.82) is 0 Å². The molecule has 2 unspecified atom stereocenters. The monoisotopic (exact) mass is 540 g/mol. The van der Waals surface area contributed by atoms with Crippen LogP contribution in [-0.4, -0.2) is 46.1 Å². The van der Waals surface area contributed by atoms with E-state index >= 15 is 0 Å². The molecule has 0 saturated carbocycles. The summed E-state index contributed by atoms with van der Waals surface area (Å²) in [5.41, 5.74) is 6.45. The van der Waals surface area contributed by atoms with Gasteiger partial charge in [0, 0.05) is 36.7 Å². The number of methoxy groups -OCH3 is 1. The molecule has 5 N–H and O–H groups in total. The normalized spacial score (nSPS) is 13.9. The van der Waals surface area contributed by atoms with Crippen molar-refractivity contribution in [1.82, 2.24) is 10.6 Å². The Labute approximate surface area is 217 Å². The van der Waals surface area contributed by atoms with E-state index in [-0.39, 0.29) is 24.7 Å². The van der Waals surface area contributed by atoms with Crippen LogP contribution < -0.4 is 21.1 Å². The Hall–Kier alpha value is -2.83. The van der Waals surface area contributed by atoms with Crippen LogP contribution in [0.2, 0.25) is 0 Å². The topological polar surface area (TPSA) is 149 Å². The van der Waals surface area contributed by atoms with Gasteiger partial charge in [-0.2, -0.15) is 0 Å². The highest BCUT2D eigenvalue weighted by Crippen LogP contribution is 2.29. The van der Waals surface area contributed by atoms with E-state index in [4.69, 9.17) is 15.2 Å². The number of nitrogens with two attached hydrogens (primary N) is 1. The van der Waals surface area contributed by atoms with Gasteiger partial charge < -0.3 is 25.8 Å². The van der Waals surface area contributed by atoms with E-state index in [0.29, 0.717) is 18.5 Å². The Morgan fingerprint density at radius 1 is 1.17 bits per heavy atom. The summed E-state index contributed by atoms with van der Waals surface area (Å²) >= 11 is 1.47. The molecule has 0 aliphatic rings. The molecule has 10 nitrogen and oxygen atoms in total. The van der Waals surface area contributed by atoms with Crippen LogP contribution in [0, 0.1) is 0 Å². The smallest absolute Gasteiger partial charge is 0.405 e. The second kappa shape index (κ2) is 14.7. The molecule has 0 bridgehead atoms. The summed E-state index contributed by atoms with van der Waals surface area (Å²) in [5.74, 6) is 0. The van der Waals surface area contributed by atoms with Gasteiger partial charge in [0.05, 0.1) is 12.4 Å². The van der Waals surface area contributed by atoms with Gasteiger partial charge in [-0.15, -0.1) is 11.3 Å². The van der Waals surface area contributed by atoms with Crippen molar-refractivity contribution in [2.45, 2.75) is 63.8 Å². The lowest BCUT2D eigenvalue weighted by Gasteiger charge is -2.26. The molecule has 3 atom stereocenters. The Morgan fingerprint density at radius 3 is 2.56 bits per heavy atom. The number of hydrogen-bond acceptors (Lipinski definition) is 7. The van der Waals surface area contributed by atoms with Crippen LogP contribution in [0.4, 0.5) is 15.3 Å². The molecular formula is C24H36N4O6S2. The first-order chi connectivity index (χ1) is 17.1. The number of thiophene rings is 1. The molecule has 36 heavy (non-hydrogen) atoms. The number of hydrogen-bond donors (Lipinski definition) is 4. The van der Waals surface area contributed by atoms with Crippen molar-refractivity contribution in [2.75, 3.05) is 18.1 Å². The second-order valence-corrected chi connectivity index (χ2v) is 11.2. The number of benzene rings is 1. The lowest BCUT2D eigenvalue weighted by atomic mass is 9.99. The zero-order valence-electron chi connectivity index (χ0n) is 20.9. The van der Waals surface area contributed by atoms with Crippen molar-refractivity contribution in [3.63, 3.8) is 0 Å². The molecule has 1 aromatic heterocycles. The van der Waals surface area contributed by atoms with Crippen LogP contribution in [0.3, 0.4) is 0 Å². The van der Waals surface area contributed by atoms with Gasteiger partial charge in [-0.3, -0.25) is 4.72 Å². The molecule has 0 aliphatic carbocycles. The third-order valence-electron chi connectivity index (χ3n) is 5.40. The number of carbonyl (C=O) groups excluding carboxylic acids is 2. The summed E-state index contributed by atoms with van der Waals surface area (Å²) in [7, 11) is -1.80. The molecule has 1 heterocycles. The van der Waals surface area contributed by atoms with Crippen LogP contribution >= 0.6 is 11.3 Å². The molecule has 0 radical (unpaired) electrons. The molecule has 1 aromatic carbocycles. The van der Waals surface area contributed by atoms with E-state index in [1.165, 1.54) is 11.3 Å². The number of primary amides is 1. The van der Waals surface area contributed by atoms with Gasteiger partial charge in [0.15, 0.2) is 0 Å². The molecule has 3 amide bonds. The Balaban J connectivity index is 1.98. The van der Waals surface area contributed by atoms with Crippen molar-refractivity contribution < 1.29 is 27.5 Å². The highest BCUT2D eigenvalue weighted by atomic mass is 32.2. The first-order valence-corrected chi connectivity index (χ1v) is 14.5. The fourth-order valence-corrected chi connectivity index (χ4v) is 5.08. The predicted octanol–water partition coefficient (Wildman–Crippen LogP) is 4.11. The highest BCUT2D eigenvalue weighted by molar-refractivity contribution is 7.92.